The van der Waals surface area contributed by atoms with Gasteiger partial charge in [-0.15, -0.1) is 18.3 Å². The third-order valence-electron chi connectivity index (χ3n) is 3.81. The van der Waals surface area contributed by atoms with Crippen molar-refractivity contribution >= 4 is 34.6 Å². The number of carbonyl (C=O) groups excluding carboxylic acids is 1. The lowest BCUT2D eigenvalue weighted by molar-refractivity contribution is -0.274. The highest BCUT2D eigenvalue weighted by Gasteiger charge is 2.31. The van der Waals surface area contributed by atoms with Crippen LogP contribution in [0.1, 0.15) is 10.4 Å². The van der Waals surface area contributed by atoms with E-state index in [0.717, 1.165) is 18.2 Å². The zero-order chi connectivity index (χ0) is 22.6. The number of benzene rings is 3. The third kappa shape index (κ3) is 6.28. The number of hydrogen-bond donors (Lipinski definition) is 2. The molecule has 0 fully saturated rings. The fraction of sp³-hybridized carbons (Fsp3) is 0.0500. The van der Waals surface area contributed by atoms with Crippen molar-refractivity contribution in [3.8, 4) is 17.2 Å². The predicted molar refractivity (Wildman–Crippen MR) is 110 cm³/mol. The number of ether oxygens (including phenoxy) is 2. The Morgan fingerprint density at radius 3 is 2.45 bits per heavy atom. The standard InChI is InChI=1S/C20H14ClF3N2O4S/c21-16-6-1-2-7-17(16)29-18-11-13(30-20(22,23)24)8-9-15(18)19(27)26-12-4-3-5-14(10-12)31(25)28/h1-11H,25H2,(H,26,27). The van der Waals surface area contributed by atoms with E-state index in [4.69, 9.17) is 21.5 Å². The van der Waals surface area contributed by atoms with Crippen molar-refractivity contribution in [3.05, 3.63) is 77.3 Å². The maximum absolute atomic E-state index is 12.8. The van der Waals surface area contributed by atoms with E-state index in [-0.39, 0.29) is 32.7 Å². The lowest BCUT2D eigenvalue weighted by atomic mass is 10.1. The Bertz CT molecular complexity index is 1100. The molecule has 0 aromatic heterocycles. The second kappa shape index (κ2) is 9.48. The van der Waals surface area contributed by atoms with Crippen LogP contribution in [0.4, 0.5) is 18.9 Å². The molecule has 31 heavy (non-hydrogen) atoms. The molecular formula is C20H14ClF3N2O4S. The number of nitrogens with two attached hydrogens (primary N) is 1. The van der Waals surface area contributed by atoms with Crippen LogP contribution in [-0.2, 0) is 11.4 Å². The van der Waals surface area contributed by atoms with Crippen LogP contribution >= 0.6 is 11.6 Å². The summed E-state index contributed by atoms with van der Waals surface area (Å²) in [5.74, 6) is -1.36. The van der Waals surface area contributed by atoms with Gasteiger partial charge in [-0.1, -0.05) is 29.8 Å². The number of carbonyl (C=O) groups is 1. The molecular weight excluding hydrogens is 457 g/mol. The summed E-state index contributed by atoms with van der Waals surface area (Å²) < 4.78 is 58.8. The van der Waals surface area contributed by atoms with E-state index in [1.54, 1.807) is 12.1 Å². The summed E-state index contributed by atoms with van der Waals surface area (Å²) in [6.45, 7) is 0. The van der Waals surface area contributed by atoms with Gasteiger partial charge in [0.25, 0.3) is 5.91 Å². The van der Waals surface area contributed by atoms with Gasteiger partial charge in [-0.05, 0) is 36.4 Å². The summed E-state index contributed by atoms with van der Waals surface area (Å²) in [7, 11) is 0. The predicted octanol–water partition coefficient (Wildman–Crippen LogP) is 5.26. The van der Waals surface area contributed by atoms with Crippen LogP contribution in [0.5, 0.6) is 17.2 Å². The maximum Gasteiger partial charge on any atom is 0.573 e. The third-order valence-corrected chi connectivity index (χ3v) is 4.84. The van der Waals surface area contributed by atoms with E-state index in [1.807, 2.05) is 0 Å². The Labute approximate surface area is 183 Å². The molecule has 162 valence electrons. The number of rotatable bonds is 6. The molecule has 0 aliphatic rings. The van der Waals surface area contributed by atoms with E-state index in [0.29, 0.717) is 0 Å². The highest BCUT2D eigenvalue weighted by molar-refractivity contribution is 7.89. The fourth-order valence-corrected chi connectivity index (χ4v) is 3.15. The van der Waals surface area contributed by atoms with Crippen molar-refractivity contribution in [1.29, 1.82) is 0 Å². The molecule has 11 heteroatoms. The molecule has 1 atom stereocenters. The molecule has 0 saturated carbocycles. The van der Waals surface area contributed by atoms with E-state index in [1.165, 1.54) is 36.4 Å². The Balaban J connectivity index is 1.94. The number of anilines is 1. The van der Waals surface area contributed by atoms with Crippen LogP contribution in [0.3, 0.4) is 0 Å². The highest BCUT2D eigenvalue weighted by Crippen LogP contribution is 2.35. The summed E-state index contributed by atoms with van der Waals surface area (Å²) in [6.07, 6.45) is -4.93. The first-order chi connectivity index (χ1) is 14.6. The molecule has 3 rings (SSSR count). The topological polar surface area (TPSA) is 96.6 Å². The lowest BCUT2D eigenvalue weighted by Gasteiger charge is -2.15. The molecule has 6 nitrogen and oxygen atoms in total. The van der Waals surface area contributed by atoms with E-state index < -0.39 is 29.4 Å². The van der Waals surface area contributed by atoms with Crippen molar-refractivity contribution < 1.29 is 32.0 Å². The van der Waals surface area contributed by atoms with Gasteiger partial charge in [0.05, 0.1) is 21.9 Å². The molecule has 0 aliphatic heterocycles. The largest absolute Gasteiger partial charge is 0.593 e. The second-order valence-electron chi connectivity index (χ2n) is 6.02. The molecule has 1 unspecified atom stereocenters. The van der Waals surface area contributed by atoms with Crippen molar-refractivity contribution in [3.63, 3.8) is 0 Å². The Morgan fingerprint density at radius 1 is 1.03 bits per heavy atom. The minimum Gasteiger partial charge on any atom is -0.593 e. The van der Waals surface area contributed by atoms with E-state index in [2.05, 4.69) is 10.1 Å². The SMILES string of the molecule is N[S+]([O-])c1cccc(NC(=O)c2ccc(OC(F)(F)F)cc2Oc2ccccc2Cl)c1. The fourth-order valence-electron chi connectivity index (χ4n) is 2.52. The van der Waals surface area contributed by atoms with Crippen molar-refractivity contribution in [2.45, 2.75) is 11.3 Å². The summed E-state index contributed by atoms with van der Waals surface area (Å²) >= 11 is 4.29. The molecule has 3 aromatic rings. The van der Waals surface area contributed by atoms with E-state index in [9.17, 15) is 22.5 Å². The quantitative estimate of drug-likeness (QED) is 0.479. The zero-order valence-electron chi connectivity index (χ0n) is 15.5. The van der Waals surface area contributed by atoms with Gasteiger partial charge in [-0.3, -0.25) is 4.79 Å². The molecule has 0 aliphatic carbocycles. The summed E-state index contributed by atoms with van der Waals surface area (Å²) in [5.41, 5.74) is 0.189. The van der Waals surface area contributed by atoms with Crippen molar-refractivity contribution in [2.75, 3.05) is 5.32 Å². The van der Waals surface area contributed by atoms with Crippen LogP contribution in [0.15, 0.2) is 71.6 Å². The average Bonchev–Trinajstić information content (AvgIpc) is 2.69. The Morgan fingerprint density at radius 2 is 1.77 bits per heavy atom. The summed E-state index contributed by atoms with van der Waals surface area (Å²) in [4.78, 5) is 13.1. The number of nitrogens with one attached hydrogen (secondary N) is 1. The van der Waals surface area contributed by atoms with Crippen molar-refractivity contribution in [1.82, 2.24) is 0 Å². The number of amides is 1. The first-order valence-corrected chi connectivity index (χ1v) is 10.1. The number of halogens is 4. The number of hydrogen-bond acceptors (Lipinski definition) is 5. The normalized spacial score (nSPS) is 12.2. The number of para-hydroxylation sites is 1. The zero-order valence-corrected chi connectivity index (χ0v) is 17.1. The van der Waals surface area contributed by atoms with Gasteiger partial charge in [0.2, 0.25) is 0 Å². The van der Waals surface area contributed by atoms with Crippen molar-refractivity contribution in [2.24, 2.45) is 5.14 Å². The minimum absolute atomic E-state index is 0.0891. The summed E-state index contributed by atoms with van der Waals surface area (Å²) in [5, 5.41) is 8.08. The molecule has 3 N–H and O–H groups in total. The van der Waals surface area contributed by atoms with Gasteiger partial charge in [0, 0.05) is 17.8 Å². The van der Waals surface area contributed by atoms with Gasteiger partial charge in [-0.25, -0.2) is 0 Å². The summed E-state index contributed by atoms with van der Waals surface area (Å²) in [6, 6.07) is 15.3. The van der Waals surface area contributed by atoms with Crippen LogP contribution in [0.2, 0.25) is 5.02 Å². The molecule has 3 aromatic carbocycles. The smallest absolute Gasteiger partial charge is 0.573 e. The average molecular weight is 471 g/mol. The first kappa shape index (κ1) is 22.8. The molecule has 0 spiro atoms. The van der Waals surface area contributed by atoms with Gasteiger partial charge in [-0.2, -0.15) is 0 Å². The molecule has 0 bridgehead atoms. The molecule has 0 saturated heterocycles. The van der Waals surface area contributed by atoms with E-state index >= 15 is 0 Å². The van der Waals surface area contributed by atoms with Crippen LogP contribution in [-0.4, -0.2) is 16.8 Å². The highest BCUT2D eigenvalue weighted by atomic mass is 35.5. The monoisotopic (exact) mass is 470 g/mol. The molecule has 1 amide bonds. The van der Waals surface area contributed by atoms with Gasteiger partial charge in [0.15, 0.2) is 4.90 Å². The first-order valence-electron chi connectivity index (χ1n) is 8.52. The van der Waals surface area contributed by atoms with Gasteiger partial charge < -0.3 is 19.3 Å². The van der Waals surface area contributed by atoms with Crippen LogP contribution in [0, 0.1) is 0 Å². The minimum atomic E-state index is -4.93. The maximum atomic E-state index is 12.8. The second-order valence-corrected chi connectivity index (χ2v) is 7.49. The Hall–Kier alpha value is -2.92. The lowest BCUT2D eigenvalue weighted by Crippen LogP contribution is -2.18. The number of alkyl halides is 3. The molecule has 0 radical (unpaired) electrons. The van der Waals surface area contributed by atoms with Crippen LogP contribution in [0.25, 0.3) is 0 Å². The van der Waals surface area contributed by atoms with Gasteiger partial charge in [0.1, 0.15) is 17.2 Å². The van der Waals surface area contributed by atoms with Gasteiger partial charge >= 0.3 is 6.36 Å². The Kier molecular flexibility index (Phi) is 6.96. The molecule has 0 heterocycles. The van der Waals surface area contributed by atoms with Crippen LogP contribution < -0.4 is 19.9 Å².